The number of aryl methyl sites for hydroxylation is 1. The molecule has 2 aromatic rings. The summed E-state index contributed by atoms with van der Waals surface area (Å²) < 4.78 is 7.65. The minimum absolute atomic E-state index is 0.529. The fourth-order valence-electron chi connectivity index (χ4n) is 3.81. The Kier molecular flexibility index (Phi) is 4.23. The van der Waals surface area contributed by atoms with Gasteiger partial charge in [-0.15, -0.1) is 0 Å². The van der Waals surface area contributed by atoms with Crippen molar-refractivity contribution in [3.63, 3.8) is 0 Å². The third-order valence-electron chi connectivity index (χ3n) is 5.25. The van der Waals surface area contributed by atoms with Crippen LogP contribution in [0.15, 0.2) is 24.3 Å². The summed E-state index contributed by atoms with van der Waals surface area (Å²) in [6.07, 6.45) is 3.62. The van der Waals surface area contributed by atoms with E-state index < -0.39 is 0 Å². The van der Waals surface area contributed by atoms with Crippen molar-refractivity contribution in [1.82, 2.24) is 14.5 Å². The average Bonchev–Trinajstić information content (AvgIpc) is 3.19. The molecule has 0 radical (unpaired) electrons. The van der Waals surface area contributed by atoms with Crippen LogP contribution in [0.1, 0.15) is 19.3 Å². The highest BCUT2D eigenvalue weighted by molar-refractivity contribution is 5.78. The van der Waals surface area contributed by atoms with Crippen LogP contribution in [0.25, 0.3) is 11.0 Å². The van der Waals surface area contributed by atoms with E-state index in [2.05, 4.69) is 40.0 Å². The van der Waals surface area contributed by atoms with Crippen molar-refractivity contribution in [2.24, 2.45) is 13.0 Å². The number of aromatic nitrogens is 2. The van der Waals surface area contributed by atoms with Gasteiger partial charge >= 0.3 is 0 Å². The van der Waals surface area contributed by atoms with Crippen molar-refractivity contribution < 1.29 is 4.74 Å². The van der Waals surface area contributed by atoms with Crippen LogP contribution in [-0.2, 0) is 11.8 Å². The van der Waals surface area contributed by atoms with Crippen LogP contribution < -0.4 is 5.32 Å². The van der Waals surface area contributed by atoms with Gasteiger partial charge in [0, 0.05) is 39.3 Å². The van der Waals surface area contributed by atoms with Crippen molar-refractivity contribution in [1.29, 1.82) is 0 Å². The number of rotatable bonds is 4. The van der Waals surface area contributed by atoms with Crippen molar-refractivity contribution in [2.45, 2.75) is 25.3 Å². The molecule has 5 nitrogen and oxygen atoms in total. The molecular weight excluding hydrogens is 288 g/mol. The van der Waals surface area contributed by atoms with E-state index in [1.54, 1.807) is 0 Å². The predicted molar refractivity (Wildman–Crippen MR) is 92.7 cm³/mol. The van der Waals surface area contributed by atoms with Crippen molar-refractivity contribution in [3.05, 3.63) is 24.3 Å². The molecular formula is C18H26N4O. The fraction of sp³-hybridized carbons (Fsp3) is 0.611. The summed E-state index contributed by atoms with van der Waals surface area (Å²) in [5.41, 5.74) is 2.25. The van der Waals surface area contributed by atoms with E-state index in [4.69, 9.17) is 9.72 Å². The van der Waals surface area contributed by atoms with Gasteiger partial charge in [0.05, 0.1) is 17.6 Å². The number of nitrogens with one attached hydrogen (secondary N) is 1. The molecule has 1 aromatic heterocycles. The van der Waals surface area contributed by atoms with Crippen LogP contribution in [-0.4, -0.2) is 53.3 Å². The Bertz CT molecular complexity index is 654. The van der Waals surface area contributed by atoms with E-state index >= 15 is 0 Å². The van der Waals surface area contributed by atoms with Crippen LogP contribution in [0.3, 0.4) is 0 Å². The molecule has 0 bridgehead atoms. The topological polar surface area (TPSA) is 42.3 Å². The molecule has 4 rings (SSSR count). The molecule has 2 aliphatic rings. The summed E-state index contributed by atoms with van der Waals surface area (Å²) in [7, 11) is 2.09. The van der Waals surface area contributed by atoms with Crippen LogP contribution in [0, 0.1) is 5.92 Å². The minimum Gasteiger partial charge on any atom is -0.381 e. The second-order valence-corrected chi connectivity index (χ2v) is 6.93. The molecule has 2 aliphatic heterocycles. The summed E-state index contributed by atoms with van der Waals surface area (Å²) in [5.74, 6) is 1.74. The molecule has 0 amide bonds. The lowest BCUT2D eigenvalue weighted by Gasteiger charge is -2.33. The first kappa shape index (κ1) is 15.0. The van der Waals surface area contributed by atoms with Crippen molar-refractivity contribution in [3.8, 4) is 0 Å². The molecule has 2 saturated heterocycles. The Balaban J connectivity index is 1.34. The fourth-order valence-corrected chi connectivity index (χ4v) is 3.81. The van der Waals surface area contributed by atoms with Crippen molar-refractivity contribution >= 4 is 17.0 Å². The number of likely N-dealkylation sites (tertiary alicyclic amines) is 1. The summed E-state index contributed by atoms with van der Waals surface area (Å²) in [5, 5.41) is 3.65. The number of hydrogen-bond donors (Lipinski definition) is 1. The van der Waals surface area contributed by atoms with Gasteiger partial charge in [-0.3, -0.25) is 0 Å². The van der Waals surface area contributed by atoms with Crippen LogP contribution in [0.2, 0.25) is 0 Å². The molecule has 1 atom stereocenters. The van der Waals surface area contributed by atoms with Gasteiger partial charge in [0.2, 0.25) is 5.95 Å². The van der Waals surface area contributed by atoms with Gasteiger partial charge in [-0.2, -0.15) is 0 Å². The standard InChI is InChI=1S/C18H26N4O/c1-21-17-5-3-2-4-16(17)20-18(21)19-15-6-9-22(10-7-15)12-14-8-11-23-13-14/h2-5,14-15H,6-13H2,1H3,(H,19,20)/t14-/m0/s1. The van der Waals surface area contributed by atoms with Gasteiger partial charge in [-0.1, -0.05) is 12.1 Å². The number of anilines is 1. The molecule has 5 heteroatoms. The molecule has 0 aliphatic carbocycles. The Morgan fingerprint density at radius 1 is 1.22 bits per heavy atom. The summed E-state index contributed by atoms with van der Waals surface area (Å²) in [4.78, 5) is 7.33. The van der Waals surface area contributed by atoms with Gasteiger partial charge in [0.25, 0.3) is 0 Å². The largest absolute Gasteiger partial charge is 0.381 e. The SMILES string of the molecule is Cn1c(NC2CCN(C[C@@H]3CCOC3)CC2)nc2ccccc21. The number of piperidine rings is 1. The van der Waals surface area contributed by atoms with Gasteiger partial charge in [-0.05, 0) is 37.3 Å². The van der Waals surface area contributed by atoms with E-state index in [-0.39, 0.29) is 0 Å². The highest BCUT2D eigenvalue weighted by Crippen LogP contribution is 2.22. The van der Waals surface area contributed by atoms with E-state index in [0.29, 0.717) is 6.04 Å². The first-order chi connectivity index (χ1) is 11.3. The third-order valence-corrected chi connectivity index (χ3v) is 5.25. The van der Waals surface area contributed by atoms with Gasteiger partial charge in [-0.25, -0.2) is 4.98 Å². The maximum Gasteiger partial charge on any atom is 0.203 e. The Morgan fingerprint density at radius 2 is 2.04 bits per heavy atom. The zero-order chi connectivity index (χ0) is 15.6. The number of benzene rings is 1. The highest BCUT2D eigenvalue weighted by atomic mass is 16.5. The first-order valence-electron chi connectivity index (χ1n) is 8.77. The third kappa shape index (κ3) is 3.21. The number of fused-ring (bicyclic) bond motifs is 1. The molecule has 3 heterocycles. The second kappa shape index (κ2) is 6.49. The van der Waals surface area contributed by atoms with E-state index in [0.717, 1.165) is 30.6 Å². The van der Waals surface area contributed by atoms with Crippen molar-refractivity contribution in [2.75, 3.05) is 38.2 Å². The first-order valence-corrected chi connectivity index (χ1v) is 8.77. The lowest BCUT2D eigenvalue weighted by atomic mass is 10.0. The number of imidazole rings is 1. The Labute approximate surface area is 137 Å². The second-order valence-electron chi connectivity index (χ2n) is 6.93. The number of para-hydroxylation sites is 2. The number of nitrogens with zero attached hydrogens (tertiary/aromatic N) is 3. The lowest BCUT2D eigenvalue weighted by Crippen LogP contribution is -2.41. The molecule has 1 aromatic carbocycles. The molecule has 0 saturated carbocycles. The molecule has 0 spiro atoms. The molecule has 1 N–H and O–H groups in total. The normalized spacial score (nSPS) is 23.6. The van der Waals surface area contributed by atoms with Crippen LogP contribution >= 0.6 is 0 Å². The van der Waals surface area contributed by atoms with Gasteiger partial charge in [0.15, 0.2) is 0 Å². The predicted octanol–water partition coefficient (Wildman–Crippen LogP) is 2.49. The maximum atomic E-state index is 5.49. The molecule has 23 heavy (non-hydrogen) atoms. The molecule has 0 unspecified atom stereocenters. The summed E-state index contributed by atoms with van der Waals surface area (Å²) >= 11 is 0. The summed E-state index contributed by atoms with van der Waals surface area (Å²) in [6.45, 7) is 5.47. The van der Waals surface area contributed by atoms with E-state index in [9.17, 15) is 0 Å². The molecule has 2 fully saturated rings. The molecule has 124 valence electrons. The maximum absolute atomic E-state index is 5.49. The van der Waals surface area contributed by atoms with E-state index in [1.807, 2.05) is 6.07 Å². The summed E-state index contributed by atoms with van der Waals surface area (Å²) in [6, 6.07) is 8.84. The zero-order valence-corrected chi connectivity index (χ0v) is 13.9. The smallest absolute Gasteiger partial charge is 0.203 e. The Hall–Kier alpha value is -1.59. The quantitative estimate of drug-likeness (QED) is 0.941. The lowest BCUT2D eigenvalue weighted by molar-refractivity contribution is 0.154. The van der Waals surface area contributed by atoms with Crippen LogP contribution in [0.5, 0.6) is 0 Å². The van der Waals surface area contributed by atoms with Gasteiger partial charge in [0.1, 0.15) is 0 Å². The number of hydrogen-bond acceptors (Lipinski definition) is 4. The zero-order valence-electron chi connectivity index (χ0n) is 13.9. The minimum atomic E-state index is 0.529. The monoisotopic (exact) mass is 314 g/mol. The highest BCUT2D eigenvalue weighted by Gasteiger charge is 2.24. The van der Waals surface area contributed by atoms with Crippen LogP contribution in [0.4, 0.5) is 5.95 Å². The van der Waals surface area contributed by atoms with Gasteiger partial charge < -0.3 is 19.5 Å². The average molecular weight is 314 g/mol. The number of ether oxygens (including phenoxy) is 1. The van der Waals surface area contributed by atoms with E-state index in [1.165, 1.54) is 44.4 Å². The Morgan fingerprint density at radius 3 is 2.78 bits per heavy atom.